The molecular weight excluding hydrogens is 238 g/mol. The molecule has 1 aromatic carbocycles. The molecule has 0 aliphatic carbocycles. The molecule has 0 unspecified atom stereocenters. The highest BCUT2D eigenvalue weighted by Gasteiger charge is 2.12. The maximum Gasteiger partial charge on any atom is 0.322 e. The highest BCUT2D eigenvalue weighted by atomic mass is 16.5. The Morgan fingerprint density at radius 3 is 2.78 bits per heavy atom. The van der Waals surface area contributed by atoms with Gasteiger partial charge in [-0.1, -0.05) is 5.10 Å². The van der Waals surface area contributed by atoms with Crippen LogP contribution in [-0.4, -0.2) is 28.3 Å². The molecule has 7 heteroatoms. The number of nitrogens with zero attached hydrogens (tertiary/aromatic N) is 2. The highest BCUT2D eigenvalue weighted by Crippen LogP contribution is 2.26. The molecule has 0 aliphatic heterocycles. The van der Waals surface area contributed by atoms with E-state index in [-0.39, 0.29) is 17.3 Å². The third-order valence-electron chi connectivity index (χ3n) is 2.19. The lowest BCUT2D eigenvalue weighted by Crippen LogP contribution is -2.12. The minimum atomic E-state index is -0.461. The summed E-state index contributed by atoms with van der Waals surface area (Å²) in [5.41, 5.74) is 0.254. The fourth-order valence-electron chi connectivity index (χ4n) is 1.35. The van der Waals surface area contributed by atoms with Gasteiger partial charge in [-0.15, -0.1) is 5.10 Å². The average Bonchev–Trinajstić information content (AvgIpc) is 2.74. The summed E-state index contributed by atoms with van der Waals surface area (Å²) in [5, 5.41) is 19.2. The van der Waals surface area contributed by atoms with Gasteiger partial charge < -0.3 is 14.3 Å². The molecule has 0 saturated carbocycles. The van der Waals surface area contributed by atoms with E-state index in [0.717, 1.165) is 0 Å². The first-order valence-electron chi connectivity index (χ1n) is 5.08. The molecule has 7 nitrogen and oxygen atoms in total. The maximum absolute atomic E-state index is 11.8. The minimum absolute atomic E-state index is 0.00723. The number of aromatic nitrogens is 2. The van der Waals surface area contributed by atoms with Crippen LogP contribution < -0.4 is 10.1 Å². The van der Waals surface area contributed by atoms with Gasteiger partial charge in [0.1, 0.15) is 0 Å². The standard InChI is InChI=1S/C11H11N3O4/c1-6-13-14-11(18-6)12-10(16)7-3-4-9(17-2)8(15)5-7/h3-5,15H,1-2H3,(H,12,14,16). The Kier molecular flexibility index (Phi) is 3.13. The van der Waals surface area contributed by atoms with Gasteiger partial charge in [0.2, 0.25) is 5.89 Å². The predicted octanol–water partition coefficient (Wildman–Crippen LogP) is 1.34. The smallest absolute Gasteiger partial charge is 0.322 e. The van der Waals surface area contributed by atoms with Gasteiger partial charge in [0.25, 0.3) is 5.91 Å². The number of aromatic hydroxyl groups is 1. The van der Waals surface area contributed by atoms with Gasteiger partial charge in [0, 0.05) is 12.5 Å². The number of carbonyl (C=O) groups excluding carboxylic acids is 1. The first-order chi connectivity index (χ1) is 8.60. The third-order valence-corrected chi connectivity index (χ3v) is 2.19. The number of nitrogens with one attached hydrogen (secondary N) is 1. The van der Waals surface area contributed by atoms with Gasteiger partial charge in [0.15, 0.2) is 11.5 Å². The number of aryl methyl sites for hydroxylation is 1. The number of benzene rings is 1. The van der Waals surface area contributed by atoms with Crippen molar-refractivity contribution in [3.63, 3.8) is 0 Å². The number of ether oxygens (including phenoxy) is 1. The summed E-state index contributed by atoms with van der Waals surface area (Å²) >= 11 is 0. The molecule has 0 saturated heterocycles. The fourth-order valence-corrected chi connectivity index (χ4v) is 1.35. The topological polar surface area (TPSA) is 97.5 Å². The lowest BCUT2D eigenvalue weighted by Gasteiger charge is -2.05. The normalized spacial score (nSPS) is 10.1. The van der Waals surface area contributed by atoms with Crippen molar-refractivity contribution in [2.75, 3.05) is 12.4 Å². The zero-order chi connectivity index (χ0) is 13.1. The van der Waals surface area contributed by atoms with E-state index >= 15 is 0 Å². The van der Waals surface area contributed by atoms with Crippen LogP contribution in [0, 0.1) is 6.92 Å². The summed E-state index contributed by atoms with van der Waals surface area (Å²) in [6, 6.07) is 4.30. The van der Waals surface area contributed by atoms with Crippen molar-refractivity contribution < 1.29 is 19.1 Å². The van der Waals surface area contributed by atoms with Gasteiger partial charge in [0.05, 0.1) is 7.11 Å². The van der Waals surface area contributed by atoms with E-state index in [2.05, 4.69) is 15.5 Å². The Bertz CT molecular complexity index is 579. The summed E-state index contributed by atoms with van der Waals surface area (Å²) in [6.07, 6.45) is 0. The zero-order valence-electron chi connectivity index (χ0n) is 9.80. The van der Waals surface area contributed by atoms with Crippen molar-refractivity contribution >= 4 is 11.9 Å². The summed E-state index contributed by atoms with van der Waals surface area (Å²) in [6.45, 7) is 1.61. The second kappa shape index (κ2) is 4.74. The second-order valence-electron chi connectivity index (χ2n) is 3.47. The van der Waals surface area contributed by atoms with Crippen molar-refractivity contribution in [2.24, 2.45) is 0 Å². The van der Waals surface area contributed by atoms with Crippen LogP contribution in [0.4, 0.5) is 6.01 Å². The molecule has 2 aromatic rings. The number of hydrogen-bond donors (Lipinski definition) is 2. The molecule has 1 aromatic heterocycles. The molecular formula is C11H11N3O4. The summed E-state index contributed by atoms with van der Waals surface area (Å²) in [4.78, 5) is 11.8. The monoisotopic (exact) mass is 249 g/mol. The van der Waals surface area contributed by atoms with Gasteiger partial charge in [-0.05, 0) is 18.2 Å². The molecule has 1 amide bonds. The molecule has 0 atom stereocenters. The lowest BCUT2D eigenvalue weighted by atomic mass is 10.2. The molecule has 2 N–H and O–H groups in total. The Morgan fingerprint density at radius 1 is 1.44 bits per heavy atom. The number of carbonyl (C=O) groups is 1. The van der Waals surface area contributed by atoms with Crippen LogP contribution in [0.1, 0.15) is 16.2 Å². The maximum atomic E-state index is 11.8. The van der Waals surface area contributed by atoms with Gasteiger partial charge >= 0.3 is 6.01 Å². The average molecular weight is 249 g/mol. The number of rotatable bonds is 3. The Morgan fingerprint density at radius 2 is 2.22 bits per heavy atom. The van der Waals surface area contributed by atoms with E-state index in [9.17, 15) is 9.90 Å². The van der Waals surface area contributed by atoms with Gasteiger partial charge in [-0.3, -0.25) is 10.1 Å². The van der Waals surface area contributed by atoms with Crippen LogP contribution in [0.15, 0.2) is 22.6 Å². The van der Waals surface area contributed by atoms with Crippen LogP contribution in [0.25, 0.3) is 0 Å². The highest BCUT2D eigenvalue weighted by molar-refractivity contribution is 6.03. The van der Waals surface area contributed by atoms with E-state index in [1.165, 1.54) is 25.3 Å². The second-order valence-corrected chi connectivity index (χ2v) is 3.47. The van der Waals surface area contributed by atoms with E-state index in [1.807, 2.05) is 0 Å². The van der Waals surface area contributed by atoms with Gasteiger partial charge in [-0.2, -0.15) is 0 Å². The number of amides is 1. The molecule has 1 heterocycles. The number of anilines is 1. The number of hydrogen-bond acceptors (Lipinski definition) is 6. The summed E-state index contributed by atoms with van der Waals surface area (Å²) in [7, 11) is 1.43. The number of phenolic OH excluding ortho intramolecular Hbond substituents is 1. The first-order valence-corrected chi connectivity index (χ1v) is 5.08. The SMILES string of the molecule is COc1ccc(C(=O)Nc2nnc(C)o2)cc1O. The minimum Gasteiger partial charge on any atom is -0.504 e. The lowest BCUT2D eigenvalue weighted by molar-refractivity contribution is 0.102. The van der Waals surface area contributed by atoms with Crippen molar-refractivity contribution in [1.29, 1.82) is 0 Å². The molecule has 2 rings (SSSR count). The van der Waals surface area contributed by atoms with Crippen molar-refractivity contribution in [3.8, 4) is 11.5 Å². The Balaban J connectivity index is 2.16. The van der Waals surface area contributed by atoms with Crippen molar-refractivity contribution in [1.82, 2.24) is 10.2 Å². The van der Waals surface area contributed by atoms with Crippen molar-refractivity contribution in [3.05, 3.63) is 29.7 Å². The first kappa shape index (κ1) is 11.9. The van der Waals surface area contributed by atoms with Gasteiger partial charge in [-0.25, -0.2) is 0 Å². The summed E-state index contributed by atoms with van der Waals surface area (Å²) < 4.78 is 9.89. The fraction of sp³-hybridized carbons (Fsp3) is 0.182. The molecule has 0 bridgehead atoms. The molecule has 0 fully saturated rings. The molecule has 0 radical (unpaired) electrons. The van der Waals surface area contributed by atoms with Crippen LogP contribution in [-0.2, 0) is 0 Å². The zero-order valence-corrected chi connectivity index (χ0v) is 9.80. The van der Waals surface area contributed by atoms with Crippen LogP contribution >= 0.6 is 0 Å². The molecule has 18 heavy (non-hydrogen) atoms. The van der Waals surface area contributed by atoms with Crippen molar-refractivity contribution in [2.45, 2.75) is 6.92 Å². The number of phenols is 1. The van der Waals surface area contributed by atoms with E-state index < -0.39 is 5.91 Å². The predicted molar refractivity (Wildman–Crippen MR) is 61.6 cm³/mol. The van der Waals surface area contributed by atoms with E-state index in [1.54, 1.807) is 6.92 Å². The Labute approximate surface area is 102 Å². The Hall–Kier alpha value is -2.57. The summed E-state index contributed by atoms with van der Waals surface area (Å²) in [5.74, 6) is 0.0616. The molecule has 94 valence electrons. The molecule has 0 aliphatic rings. The number of methoxy groups -OCH3 is 1. The van der Waals surface area contributed by atoms with Crippen LogP contribution in [0.3, 0.4) is 0 Å². The van der Waals surface area contributed by atoms with E-state index in [0.29, 0.717) is 11.6 Å². The van der Waals surface area contributed by atoms with Crippen LogP contribution in [0.5, 0.6) is 11.5 Å². The van der Waals surface area contributed by atoms with E-state index in [4.69, 9.17) is 9.15 Å². The molecule has 0 spiro atoms. The van der Waals surface area contributed by atoms with Crippen LogP contribution in [0.2, 0.25) is 0 Å². The largest absolute Gasteiger partial charge is 0.504 e. The quantitative estimate of drug-likeness (QED) is 0.851. The third kappa shape index (κ3) is 2.40.